The lowest BCUT2D eigenvalue weighted by atomic mass is 9.79. The van der Waals surface area contributed by atoms with E-state index in [1.165, 1.54) is 13.8 Å². The molecule has 0 bridgehead atoms. The second kappa shape index (κ2) is 20.3. The third kappa shape index (κ3) is 12.4. The highest BCUT2D eigenvalue weighted by atomic mass is 16.2. The molecule has 1 heterocycles. The summed E-state index contributed by atoms with van der Waals surface area (Å²) in [5, 5.41) is 16.1. The fourth-order valence-corrected chi connectivity index (χ4v) is 6.17. The number of Topliss-reactive ketones (excluding diaryl/α,β-unsaturated/α-hetero) is 1. The van der Waals surface area contributed by atoms with E-state index < -0.39 is 24.0 Å². The Kier molecular flexibility index (Phi) is 18.0. The molecule has 4 unspecified atom stereocenters. The first-order chi connectivity index (χ1) is 20.5. The quantitative estimate of drug-likeness (QED) is 0.264. The van der Waals surface area contributed by atoms with Crippen LogP contribution in [0.2, 0.25) is 0 Å². The number of nitrogens with one attached hydrogen (secondary N) is 3. The van der Waals surface area contributed by atoms with Crippen molar-refractivity contribution in [1.29, 1.82) is 0 Å². The standard InChI is InChI=1S/C29H46N4O5.C2H6O.C2H6/c1-18-10-9-15-33(29(38)25(31-21(4)35)23-13-6-5-7-14-23)26(18)28(37)32-24(16-22-11-8-12-22)20(3)27(36)30-17-19(2)34;1-2-3;1-2/h18,22-26H,3,5-17H2,1-2,4H3,(H,30,36)(H,31,35)(H,32,37);3H,2H2,1H3;1-2H3. The van der Waals surface area contributed by atoms with E-state index in [4.69, 9.17) is 5.11 Å². The normalized spacial score (nSPS) is 21.7. The lowest BCUT2D eigenvalue weighted by Crippen LogP contribution is -2.62. The molecular formula is C33H58N4O6. The van der Waals surface area contributed by atoms with Crippen molar-refractivity contribution in [3.8, 4) is 0 Å². The van der Waals surface area contributed by atoms with E-state index in [0.717, 1.165) is 64.2 Å². The number of piperidine rings is 1. The monoisotopic (exact) mass is 606 g/mol. The molecule has 0 spiro atoms. The molecule has 2 saturated carbocycles. The van der Waals surface area contributed by atoms with Crippen molar-refractivity contribution in [3.63, 3.8) is 0 Å². The van der Waals surface area contributed by atoms with E-state index >= 15 is 0 Å². The first kappa shape index (κ1) is 38.3. The van der Waals surface area contributed by atoms with Gasteiger partial charge in [-0.15, -0.1) is 0 Å². The van der Waals surface area contributed by atoms with Gasteiger partial charge in [-0.25, -0.2) is 0 Å². The summed E-state index contributed by atoms with van der Waals surface area (Å²) in [6.07, 6.45) is 10.4. The summed E-state index contributed by atoms with van der Waals surface area (Å²) < 4.78 is 0. The van der Waals surface area contributed by atoms with Gasteiger partial charge >= 0.3 is 0 Å². The molecule has 10 heteroatoms. The maximum absolute atomic E-state index is 13.9. The number of aliphatic hydroxyl groups excluding tert-OH is 1. The molecule has 246 valence electrons. The second-order valence-corrected chi connectivity index (χ2v) is 12.0. The van der Waals surface area contributed by atoms with Crippen molar-refractivity contribution in [1.82, 2.24) is 20.9 Å². The van der Waals surface area contributed by atoms with Gasteiger partial charge in [0.25, 0.3) is 0 Å². The van der Waals surface area contributed by atoms with Crippen LogP contribution < -0.4 is 16.0 Å². The van der Waals surface area contributed by atoms with Crippen LogP contribution >= 0.6 is 0 Å². The van der Waals surface area contributed by atoms with Crippen LogP contribution in [0.5, 0.6) is 0 Å². The van der Waals surface area contributed by atoms with Gasteiger partial charge in [-0.1, -0.05) is 65.9 Å². The highest BCUT2D eigenvalue weighted by Crippen LogP contribution is 2.33. The first-order valence-corrected chi connectivity index (χ1v) is 16.4. The number of hydrogen-bond donors (Lipinski definition) is 4. The first-order valence-electron chi connectivity index (χ1n) is 16.4. The van der Waals surface area contributed by atoms with Gasteiger partial charge in [-0.3, -0.25) is 24.0 Å². The van der Waals surface area contributed by atoms with Gasteiger partial charge in [-0.05, 0) is 63.7 Å². The van der Waals surface area contributed by atoms with Gasteiger partial charge in [0.05, 0.1) is 12.6 Å². The summed E-state index contributed by atoms with van der Waals surface area (Å²) in [5.74, 6) is -0.936. The zero-order valence-electron chi connectivity index (χ0n) is 27.5. The van der Waals surface area contributed by atoms with Gasteiger partial charge in [-0.2, -0.15) is 0 Å². The fraction of sp³-hybridized carbons (Fsp3) is 0.788. The summed E-state index contributed by atoms with van der Waals surface area (Å²) in [6, 6.07) is -1.89. The van der Waals surface area contributed by atoms with E-state index in [-0.39, 0.29) is 54.1 Å². The van der Waals surface area contributed by atoms with Gasteiger partial charge in [0.2, 0.25) is 23.6 Å². The lowest BCUT2D eigenvalue weighted by molar-refractivity contribution is -0.148. The summed E-state index contributed by atoms with van der Waals surface area (Å²) in [4.78, 5) is 65.5. The topological polar surface area (TPSA) is 145 Å². The molecule has 2 aliphatic carbocycles. The van der Waals surface area contributed by atoms with Gasteiger partial charge in [0.15, 0.2) is 0 Å². The molecule has 0 aromatic heterocycles. The molecule has 4 amide bonds. The highest BCUT2D eigenvalue weighted by molar-refractivity contribution is 5.98. The molecule has 4 N–H and O–H groups in total. The Morgan fingerprint density at radius 1 is 0.907 bits per heavy atom. The Morgan fingerprint density at radius 3 is 2.02 bits per heavy atom. The molecule has 0 aromatic rings. The number of aliphatic hydroxyl groups is 1. The SMILES string of the molecule is C=C(C(=O)NCC(C)=O)C(CC1CCC1)NC(=O)C1C(C)CCCN1C(=O)C(NC(C)=O)C1CCCCC1.CC.CCO. The number of rotatable bonds is 11. The third-order valence-corrected chi connectivity index (χ3v) is 8.55. The number of hydrogen-bond acceptors (Lipinski definition) is 6. The largest absolute Gasteiger partial charge is 0.397 e. The highest BCUT2D eigenvalue weighted by Gasteiger charge is 2.42. The van der Waals surface area contributed by atoms with Gasteiger partial charge in [0.1, 0.15) is 17.9 Å². The van der Waals surface area contributed by atoms with Crippen LogP contribution in [0.1, 0.15) is 112 Å². The van der Waals surface area contributed by atoms with E-state index in [2.05, 4.69) is 22.5 Å². The second-order valence-electron chi connectivity index (χ2n) is 12.0. The number of carbonyl (C=O) groups is 5. The predicted molar refractivity (Wildman–Crippen MR) is 169 cm³/mol. The van der Waals surface area contributed by atoms with Crippen LogP contribution in [0.4, 0.5) is 0 Å². The molecular weight excluding hydrogens is 548 g/mol. The predicted octanol–water partition coefficient (Wildman–Crippen LogP) is 3.66. The maximum atomic E-state index is 13.9. The maximum Gasteiger partial charge on any atom is 0.249 e. The third-order valence-electron chi connectivity index (χ3n) is 8.55. The Morgan fingerprint density at radius 2 is 1.51 bits per heavy atom. The van der Waals surface area contributed by atoms with Gasteiger partial charge in [0, 0.05) is 25.6 Å². The van der Waals surface area contributed by atoms with Gasteiger partial charge < -0.3 is 26.0 Å². The number of ketones is 1. The van der Waals surface area contributed by atoms with Crippen molar-refractivity contribution in [3.05, 3.63) is 12.2 Å². The van der Waals surface area contributed by atoms with Crippen molar-refractivity contribution >= 4 is 29.4 Å². The Hall–Kier alpha value is -2.75. The average Bonchev–Trinajstić information content (AvgIpc) is 2.96. The number of carbonyl (C=O) groups excluding carboxylic acids is 5. The zero-order valence-corrected chi connectivity index (χ0v) is 27.5. The summed E-state index contributed by atoms with van der Waals surface area (Å²) in [6.45, 7) is 15.1. The van der Waals surface area contributed by atoms with Crippen LogP contribution in [0.3, 0.4) is 0 Å². The minimum absolute atomic E-state index is 0.0669. The minimum Gasteiger partial charge on any atom is -0.397 e. The van der Waals surface area contributed by atoms with Crippen molar-refractivity contribution in [2.45, 2.75) is 130 Å². The van der Waals surface area contributed by atoms with E-state index in [1.807, 2.05) is 20.8 Å². The Bertz CT molecular complexity index is 928. The average molecular weight is 607 g/mol. The van der Waals surface area contributed by atoms with E-state index in [1.54, 1.807) is 11.8 Å². The van der Waals surface area contributed by atoms with Crippen LogP contribution in [0.15, 0.2) is 12.2 Å². The molecule has 3 rings (SSSR count). The summed E-state index contributed by atoms with van der Waals surface area (Å²) in [5.41, 5.74) is 0.228. The van der Waals surface area contributed by atoms with E-state index in [9.17, 15) is 24.0 Å². The molecule has 1 saturated heterocycles. The molecule has 10 nitrogen and oxygen atoms in total. The number of amides is 4. The number of likely N-dealkylation sites (tertiary alicyclic amines) is 1. The molecule has 0 radical (unpaired) electrons. The molecule has 4 atom stereocenters. The minimum atomic E-state index is -0.687. The zero-order chi connectivity index (χ0) is 32.5. The smallest absolute Gasteiger partial charge is 0.249 e. The molecule has 1 aliphatic heterocycles. The van der Waals surface area contributed by atoms with Crippen LogP contribution in [0.25, 0.3) is 0 Å². The number of nitrogens with zero attached hydrogens (tertiary/aromatic N) is 1. The van der Waals surface area contributed by atoms with Crippen molar-refractivity contribution in [2.75, 3.05) is 19.7 Å². The summed E-state index contributed by atoms with van der Waals surface area (Å²) in [7, 11) is 0. The molecule has 3 aliphatic rings. The van der Waals surface area contributed by atoms with Crippen molar-refractivity contribution < 1.29 is 29.1 Å². The fourth-order valence-electron chi connectivity index (χ4n) is 6.17. The Labute approximate surface area is 259 Å². The van der Waals surface area contributed by atoms with Crippen LogP contribution in [-0.2, 0) is 24.0 Å². The van der Waals surface area contributed by atoms with E-state index in [0.29, 0.717) is 18.9 Å². The van der Waals surface area contributed by atoms with Crippen LogP contribution in [0, 0.1) is 17.8 Å². The Balaban J connectivity index is 0.00000174. The molecule has 0 aromatic carbocycles. The lowest BCUT2D eigenvalue weighted by Gasteiger charge is -2.43. The molecule has 3 fully saturated rings. The molecule has 43 heavy (non-hydrogen) atoms. The van der Waals surface area contributed by atoms with Crippen molar-refractivity contribution in [2.24, 2.45) is 17.8 Å². The summed E-state index contributed by atoms with van der Waals surface area (Å²) >= 11 is 0. The van der Waals surface area contributed by atoms with Crippen LogP contribution in [-0.4, -0.2) is 77.2 Å².